The molecule has 1 aromatic rings. The molecule has 0 aliphatic carbocycles. The molecule has 12 heavy (non-hydrogen) atoms. The Bertz CT molecular complexity index is 211. The zero-order valence-electron chi connectivity index (χ0n) is 8.00. The summed E-state index contributed by atoms with van der Waals surface area (Å²) < 4.78 is 0. The van der Waals surface area contributed by atoms with Crippen molar-refractivity contribution in [3.8, 4) is 0 Å². The smallest absolute Gasteiger partial charge is 0.106 e. The zero-order chi connectivity index (χ0) is 9.56. The van der Waals surface area contributed by atoms with E-state index in [4.69, 9.17) is 4.79 Å². The third kappa shape index (κ3) is 3.33. The van der Waals surface area contributed by atoms with Crippen LogP contribution in [0.1, 0.15) is 30.9 Å². The summed E-state index contributed by atoms with van der Waals surface area (Å²) in [5.41, 5.74) is 2.76. The highest BCUT2D eigenvalue weighted by atomic mass is 16.1. The largest absolute Gasteiger partial charge is 0.307 e. The first-order valence-electron chi connectivity index (χ1n) is 4.05. The number of benzene rings is 1. The molecule has 0 saturated carbocycles. The van der Waals surface area contributed by atoms with Crippen molar-refractivity contribution >= 4 is 6.79 Å². The molecule has 0 aliphatic rings. The maximum atomic E-state index is 8.00. The molecule has 0 amide bonds. The summed E-state index contributed by atoms with van der Waals surface area (Å²) in [6.07, 6.45) is 0. The van der Waals surface area contributed by atoms with Crippen molar-refractivity contribution in [2.75, 3.05) is 0 Å². The van der Waals surface area contributed by atoms with Gasteiger partial charge in [0.2, 0.25) is 0 Å². The highest BCUT2D eigenvalue weighted by molar-refractivity contribution is 5.23. The van der Waals surface area contributed by atoms with Crippen LogP contribution in [0.2, 0.25) is 0 Å². The van der Waals surface area contributed by atoms with Gasteiger partial charge in [-0.05, 0) is 18.4 Å². The molecule has 0 saturated heterocycles. The molecule has 0 bridgehead atoms. The van der Waals surface area contributed by atoms with Gasteiger partial charge in [0.25, 0.3) is 0 Å². The van der Waals surface area contributed by atoms with Gasteiger partial charge in [-0.15, -0.1) is 0 Å². The summed E-state index contributed by atoms with van der Waals surface area (Å²) in [6, 6.07) is 8.71. The Balaban J connectivity index is 0.000000561. The van der Waals surface area contributed by atoms with Crippen molar-refractivity contribution in [3.63, 3.8) is 0 Å². The monoisotopic (exact) mass is 164 g/mol. The van der Waals surface area contributed by atoms with Gasteiger partial charge in [0.15, 0.2) is 0 Å². The fourth-order valence-electron chi connectivity index (χ4n) is 0.951. The predicted octanol–water partition coefficient (Wildman–Crippen LogP) is 2.93. The minimum Gasteiger partial charge on any atom is -0.307 e. The first kappa shape index (κ1) is 10.9. The van der Waals surface area contributed by atoms with Crippen molar-refractivity contribution in [1.82, 2.24) is 0 Å². The van der Waals surface area contributed by atoms with Gasteiger partial charge < -0.3 is 4.79 Å². The molecule has 0 aliphatic heterocycles. The van der Waals surface area contributed by atoms with Crippen molar-refractivity contribution in [2.45, 2.75) is 26.7 Å². The normalized spacial score (nSPS) is 9.00. The molecule has 1 nitrogen and oxygen atoms in total. The van der Waals surface area contributed by atoms with Crippen LogP contribution in [0, 0.1) is 6.92 Å². The Morgan fingerprint density at radius 1 is 1.08 bits per heavy atom. The molecule has 0 unspecified atom stereocenters. The van der Waals surface area contributed by atoms with Crippen LogP contribution >= 0.6 is 0 Å². The molecule has 0 N–H and O–H groups in total. The summed E-state index contributed by atoms with van der Waals surface area (Å²) in [6.45, 7) is 8.54. The van der Waals surface area contributed by atoms with Gasteiger partial charge in [0.1, 0.15) is 6.79 Å². The molecule has 1 aromatic carbocycles. The van der Waals surface area contributed by atoms with Crippen LogP contribution in [-0.4, -0.2) is 6.79 Å². The second-order valence-corrected chi connectivity index (χ2v) is 3.07. The summed E-state index contributed by atoms with van der Waals surface area (Å²) in [5, 5.41) is 0. The first-order chi connectivity index (χ1) is 5.70. The maximum Gasteiger partial charge on any atom is 0.106 e. The number of carbonyl (C=O) groups excluding carboxylic acids is 1. The highest BCUT2D eigenvalue weighted by Crippen LogP contribution is 2.13. The summed E-state index contributed by atoms with van der Waals surface area (Å²) in [4.78, 5) is 8.00. The first-order valence-corrected chi connectivity index (χ1v) is 4.05. The lowest BCUT2D eigenvalue weighted by Crippen LogP contribution is -1.85. The van der Waals surface area contributed by atoms with E-state index in [1.54, 1.807) is 0 Å². The standard InChI is InChI=1S/C10H14.CH2O/c1-8(2)10-6-4-9(3)5-7-10;1-2/h4-8H,1-3H3;1H2. The van der Waals surface area contributed by atoms with Gasteiger partial charge in [0, 0.05) is 0 Å². The third-order valence-corrected chi connectivity index (χ3v) is 1.74. The minimum atomic E-state index is 0.653. The third-order valence-electron chi connectivity index (χ3n) is 1.74. The Morgan fingerprint density at radius 2 is 1.50 bits per heavy atom. The number of hydrogen-bond donors (Lipinski definition) is 0. The number of hydrogen-bond acceptors (Lipinski definition) is 1. The Morgan fingerprint density at radius 3 is 1.83 bits per heavy atom. The van der Waals surface area contributed by atoms with Crippen LogP contribution in [0.5, 0.6) is 0 Å². The van der Waals surface area contributed by atoms with E-state index >= 15 is 0 Å². The van der Waals surface area contributed by atoms with Gasteiger partial charge in [-0.25, -0.2) is 0 Å². The van der Waals surface area contributed by atoms with Crippen molar-refractivity contribution in [1.29, 1.82) is 0 Å². The molecule has 0 heterocycles. The molecule has 0 fully saturated rings. The van der Waals surface area contributed by atoms with E-state index < -0.39 is 0 Å². The van der Waals surface area contributed by atoms with E-state index in [-0.39, 0.29) is 0 Å². The topological polar surface area (TPSA) is 17.1 Å². The number of aryl methyl sites for hydroxylation is 1. The molecule has 0 radical (unpaired) electrons. The lowest BCUT2D eigenvalue weighted by Gasteiger charge is -2.03. The van der Waals surface area contributed by atoms with E-state index in [9.17, 15) is 0 Å². The van der Waals surface area contributed by atoms with E-state index in [1.165, 1.54) is 11.1 Å². The van der Waals surface area contributed by atoms with E-state index in [0.29, 0.717) is 5.92 Å². The molecule has 0 spiro atoms. The molecular formula is C11H16O. The molecule has 1 heteroatoms. The Hall–Kier alpha value is -1.11. The minimum absolute atomic E-state index is 0.653. The summed E-state index contributed by atoms with van der Waals surface area (Å²) in [7, 11) is 0. The molecular weight excluding hydrogens is 148 g/mol. The Kier molecular flexibility index (Phi) is 5.02. The predicted molar refractivity (Wildman–Crippen MR) is 52.4 cm³/mol. The van der Waals surface area contributed by atoms with Gasteiger partial charge in [-0.2, -0.15) is 0 Å². The second-order valence-electron chi connectivity index (χ2n) is 3.07. The quantitative estimate of drug-likeness (QED) is 0.623. The zero-order valence-corrected chi connectivity index (χ0v) is 8.00. The number of rotatable bonds is 1. The number of carbonyl (C=O) groups is 1. The van der Waals surface area contributed by atoms with Crippen LogP contribution in [0.25, 0.3) is 0 Å². The van der Waals surface area contributed by atoms with Crippen LogP contribution in [0.15, 0.2) is 24.3 Å². The fraction of sp³-hybridized carbons (Fsp3) is 0.364. The van der Waals surface area contributed by atoms with E-state index in [2.05, 4.69) is 45.0 Å². The fourth-order valence-corrected chi connectivity index (χ4v) is 0.951. The molecule has 1 rings (SSSR count). The lowest BCUT2D eigenvalue weighted by molar-refractivity contribution is -0.0979. The van der Waals surface area contributed by atoms with Crippen LogP contribution < -0.4 is 0 Å². The van der Waals surface area contributed by atoms with Crippen molar-refractivity contribution in [2.24, 2.45) is 0 Å². The summed E-state index contributed by atoms with van der Waals surface area (Å²) in [5.74, 6) is 0.653. The van der Waals surface area contributed by atoms with Crippen molar-refractivity contribution in [3.05, 3.63) is 35.4 Å². The van der Waals surface area contributed by atoms with Crippen LogP contribution in [-0.2, 0) is 4.79 Å². The van der Waals surface area contributed by atoms with Gasteiger partial charge >= 0.3 is 0 Å². The Labute approximate surface area is 74.4 Å². The SMILES string of the molecule is C=O.Cc1ccc(C(C)C)cc1. The average Bonchev–Trinajstić information content (AvgIpc) is 2.09. The summed E-state index contributed by atoms with van der Waals surface area (Å²) >= 11 is 0. The lowest BCUT2D eigenvalue weighted by atomic mass is 10.0. The van der Waals surface area contributed by atoms with Crippen molar-refractivity contribution < 1.29 is 4.79 Å². The molecule has 66 valence electrons. The highest BCUT2D eigenvalue weighted by Gasteiger charge is 1.95. The van der Waals surface area contributed by atoms with Gasteiger partial charge in [-0.3, -0.25) is 0 Å². The second kappa shape index (κ2) is 5.53. The maximum absolute atomic E-state index is 8.00. The van der Waals surface area contributed by atoms with Gasteiger partial charge in [0.05, 0.1) is 0 Å². The van der Waals surface area contributed by atoms with Crippen LogP contribution in [0.4, 0.5) is 0 Å². The molecule has 0 atom stereocenters. The van der Waals surface area contributed by atoms with Gasteiger partial charge in [-0.1, -0.05) is 43.7 Å². The average molecular weight is 164 g/mol. The van der Waals surface area contributed by atoms with E-state index in [0.717, 1.165) is 0 Å². The molecule has 0 aromatic heterocycles. The van der Waals surface area contributed by atoms with E-state index in [1.807, 2.05) is 6.79 Å². The van der Waals surface area contributed by atoms with Crippen LogP contribution in [0.3, 0.4) is 0 Å².